The van der Waals surface area contributed by atoms with Gasteiger partial charge in [-0.1, -0.05) is 102 Å². The molecule has 164 valence electrons. The molecule has 2 atom stereocenters. The van der Waals surface area contributed by atoms with Gasteiger partial charge < -0.3 is 0 Å². The number of hydrogen-bond acceptors (Lipinski definition) is 0. The van der Waals surface area contributed by atoms with Gasteiger partial charge in [-0.3, -0.25) is 0 Å². The van der Waals surface area contributed by atoms with Crippen molar-refractivity contribution in [3.05, 3.63) is 96.9 Å². The van der Waals surface area contributed by atoms with Crippen LogP contribution in [0.15, 0.2) is 69.1 Å². The molecule has 2 aliphatic rings. The van der Waals surface area contributed by atoms with E-state index >= 15 is 0 Å². The largest absolute Gasteiger partial charge is 0.0652 e. The SMILES string of the molecule is CC1=Cc2c(cccc2C(C)(C)C)C1CC(C)C1c2cc(Br)ccc2-c2ccc(Br)cc21. The maximum atomic E-state index is 3.73. The first-order valence-corrected chi connectivity index (χ1v) is 13.1. The first-order chi connectivity index (χ1) is 15.1. The van der Waals surface area contributed by atoms with Crippen molar-refractivity contribution in [2.75, 3.05) is 0 Å². The molecule has 0 aliphatic heterocycles. The van der Waals surface area contributed by atoms with E-state index in [1.54, 1.807) is 0 Å². The Balaban J connectivity index is 1.54. The van der Waals surface area contributed by atoms with Crippen LogP contribution >= 0.6 is 31.9 Å². The summed E-state index contributed by atoms with van der Waals surface area (Å²) in [6.45, 7) is 11.7. The predicted molar refractivity (Wildman–Crippen MR) is 144 cm³/mol. The maximum absolute atomic E-state index is 3.73. The fourth-order valence-corrected chi connectivity index (χ4v) is 6.71. The van der Waals surface area contributed by atoms with Crippen molar-refractivity contribution in [3.8, 4) is 11.1 Å². The molecule has 0 nitrogen and oxygen atoms in total. The standard InChI is InChI=1S/C30H30Br2/c1-17-13-25-21(7-6-8-28(25)30(3,4)5)24(17)14-18(2)29-26-15-19(31)9-11-22(26)23-12-10-20(32)16-27(23)29/h6-13,15-16,18,24,29H,14H2,1-5H3. The molecule has 0 N–H and O–H groups in total. The quantitative estimate of drug-likeness (QED) is 0.305. The van der Waals surface area contributed by atoms with Crippen LogP contribution < -0.4 is 0 Å². The molecule has 0 saturated carbocycles. The van der Waals surface area contributed by atoms with Crippen LogP contribution in [-0.2, 0) is 5.41 Å². The highest BCUT2D eigenvalue weighted by atomic mass is 79.9. The Hall–Kier alpha value is -1.64. The molecule has 0 fully saturated rings. The molecule has 2 unspecified atom stereocenters. The fourth-order valence-electron chi connectivity index (χ4n) is 5.95. The number of fused-ring (bicyclic) bond motifs is 4. The molecule has 0 spiro atoms. The first-order valence-electron chi connectivity index (χ1n) is 11.6. The van der Waals surface area contributed by atoms with Crippen LogP contribution in [0.2, 0.25) is 0 Å². The van der Waals surface area contributed by atoms with Crippen molar-refractivity contribution in [3.63, 3.8) is 0 Å². The van der Waals surface area contributed by atoms with Crippen molar-refractivity contribution < 1.29 is 0 Å². The van der Waals surface area contributed by atoms with E-state index < -0.39 is 0 Å². The van der Waals surface area contributed by atoms with Crippen LogP contribution in [0.5, 0.6) is 0 Å². The summed E-state index contributed by atoms with van der Waals surface area (Å²) >= 11 is 7.46. The highest BCUT2D eigenvalue weighted by Crippen LogP contribution is 2.53. The highest BCUT2D eigenvalue weighted by Gasteiger charge is 2.36. The molecule has 0 amide bonds. The monoisotopic (exact) mass is 548 g/mol. The lowest BCUT2D eigenvalue weighted by Gasteiger charge is -2.27. The summed E-state index contributed by atoms with van der Waals surface area (Å²) in [4.78, 5) is 0. The van der Waals surface area contributed by atoms with E-state index in [1.807, 2.05) is 0 Å². The van der Waals surface area contributed by atoms with Gasteiger partial charge in [0.05, 0.1) is 0 Å². The second-order valence-corrected chi connectivity index (χ2v) is 12.5. The van der Waals surface area contributed by atoms with Gasteiger partial charge in [0.1, 0.15) is 0 Å². The Kier molecular flexibility index (Phi) is 5.54. The maximum Gasteiger partial charge on any atom is 0.0178 e. The normalized spacial score (nSPS) is 18.2. The van der Waals surface area contributed by atoms with E-state index in [2.05, 4.69) is 127 Å². The molecule has 0 aromatic heterocycles. The van der Waals surface area contributed by atoms with E-state index in [4.69, 9.17) is 0 Å². The van der Waals surface area contributed by atoms with E-state index in [0.29, 0.717) is 17.8 Å². The lowest BCUT2D eigenvalue weighted by atomic mass is 9.77. The van der Waals surface area contributed by atoms with Gasteiger partial charge in [-0.25, -0.2) is 0 Å². The van der Waals surface area contributed by atoms with Crippen LogP contribution in [-0.4, -0.2) is 0 Å². The summed E-state index contributed by atoms with van der Waals surface area (Å²) < 4.78 is 2.33. The fraction of sp³-hybridized carbons (Fsp3) is 0.333. The van der Waals surface area contributed by atoms with E-state index in [0.717, 1.165) is 15.4 Å². The zero-order chi connectivity index (χ0) is 22.8. The van der Waals surface area contributed by atoms with Gasteiger partial charge in [0, 0.05) is 20.8 Å². The van der Waals surface area contributed by atoms with Gasteiger partial charge in [0.2, 0.25) is 0 Å². The number of allylic oxidation sites excluding steroid dienone is 1. The third kappa shape index (κ3) is 3.64. The van der Waals surface area contributed by atoms with Crippen LogP contribution in [0.3, 0.4) is 0 Å². The van der Waals surface area contributed by atoms with Crippen molar-refractivity contribution in [2.45, 2.75) is 58.3 Å². The van der Waals surface area contributed by atoms with E-state index in [1.165, 1.54) is 44.5 Å². The topological polar surface area (TPSA) is 0 Å². The second kappa shape index (κ2) is 7.99. The average molecular weight is 550 g/mol. The van der Waals surface area contributed by atoms with E-state index in [-0.39, 0.29) is 5.41 Å². The Morgan fingerprint density at radius 3 is 2.00 bits per heavy atom. The summed E-state index contributed by atoms with van der Waals surface area (Å²) in [6, 6.07) is 20.5. The van der Waals surface area contributed by atoms with Gasteiger partial charge in [-0.2, -0.15) is 0 Å². The third-order valence-corrected chi connectivity index (χ3v) is 8.40. The average Bonchev–Trinajstić information content (AvgIpc) is 3.20. The molecular formula is C30H30Br2. The minimum absolute atomic E-state index is 0.157. The molecule has 32 heavy (non-hydrogen) atoms. The van der Waals surface area contributed by atoms with Crippen LogP contribution in [0.1, 0.15) is 80.7 Å². The van der Waals surface area contributed by atoms with Gasteiger partial charge in [0.15, 0.2) is 0 Å². The summed E-state index contributed by atoms with van der Waals surface area (Å²) in [5.74, 6) is 1.43. The van der Waals surface area contributed by atoms with E-state index in [9.17, 15) is 0 Å². The third-order valence-electron chi connectivity index (χ3n) is 7.41. The smallest absolute Gasteiger partial charge is 0.0178 e. The van der Waals surface area contributed by atoms with Gasteiger partial charge in [0.25, 0.3) is 0 Å². The molecule has 0 heterocycles. The minimum atomic E-state index is 0.157. The molecule has 0 radical (unpaired) electrons. The molecule has 3 aromatic rings. The summed E-state index contributed by atoms with van der Waals surface area (Å²) in [7, 11) is 0. The minimum Gasteiger partial charge on any atom is -0.0652 e. The summed E-state index contributed by atoms with van der Waals surface area (Å²) in [5, 5.41) is 0. The van der Waals surface area contributed by atoms with Crippen LogP contribution in [0.25, 0.3) is 17.2 Å². The van der Waals surface area contributed by atoms with Crippen molar-refractivity contribution in [1.82, 2.24) is 0 Å². The Bertz CT molecular complexity index is 1190. The van der Waals surface area contributed by atoms with Crippen molar-refractivity contribution in [2.24, 2.45) is 5.92 Å². The molecule has 3 aromatic carbocycles. The molecule has 2 aliphatic carbocycles. The van der Waals surface area contributed by atoms with Crippen molar-refractivity contribution >= 4 is 37.9 Å². The molecular weight excluding hydrogens is 520 g/mol. The first kappa shape index (κ1) is 22.2. The molecule has 0 bridgehead atoms. The van der Waals surface area contributed by atoms with Gasteiger partial charge in [-0.05, 0) is 87.9 Å². The molecule has 0 saturated heterocycles. The Morgan fingerprint density at radius 1 is 0.844 bits per heavy atom. The lowest BCUT2D eigenvalue weighted by molar-refractivity contribution is 0.453. The highest BCUT2D eigenvalue weighted by molar-refractivity contribution is 9.10. The summed E-state index contributed by atoms with van der Waals surface area (Å²) in [5.41, 5.74) is 11.8. The number of halogens is 2. The predicted octanol–water partition coefficient (Wildman–Crippen LogP) is 9.85. The number of hydrogen-bond donors (Lipinski definition) is 0. The number of benzene rings is 3. The zero-order valence-corrected chi connectivity index (χ0v) is 22.6. The summed E-state index contributed by atoms with van der Waals surface area (Å²) in [6.07, 6.45) is 3.61. The number of rotatable bonds is 3. The van der Waals surface area contributed by atoms with Gasteiger partial charge >= 0.3 is 0 Å². The van der Waals surface area contributed by atoms with Gasteiger partial charge in [-0.15, -0.1) is 0 Å². The Labute approximate surface area is 209 Å². The zero-order valence-electron chi connectivity index (χ0n) is 19.5. The molecule has 5 rings (SSSR count). The lowest BCUT2D eigenvalue weighted by Crippen LogP contribution is -2.15. The molecule has 2 heteroatoms. The second-order valence-electron chi connectivity index (χ2n) is 10.7. The van der Waals surface area contributed by atoms with Crippen LogP contribution in [0, 0.1) is 5.92 Å². The Morgan fingerprint density at radius 2 is 1.44 bits per heavy atom. The van der Waals surface area contributed by atoms with Crippen LogP contribution in [0.4, 0.5) is 0 Å². The van der Waals surface area contributed by atoms with Crippen molar-refractivity contribution in [1.29, 1.82) is 0 Å².